The van der Waals surface area contributed by atoms with E-state index in [1.165, 1.54) is 4.88 Å². The predicted octanol–water partition coefficient (Wildman–Crippen LogP) is 3.70. The molecule has 0 saturated carbocycles. The van der Waals surface area contributed by atoms with Gasteiger partial charge >= 0.3 is 5.97 Å². The largest absolute Gasteiger partial charge is 0.462 e. The second-order valence-electron chi connectivity index (χ2n) is 5.99. The van der Waals surface area contributed by atoms with Crippen LogP contribution in [0.4, 0.5) is 5.69 Å². The van der Waals surface area contributed by atoms with Crippen molar-refractivity contribution in [3.8, 4) is 0 Å². The molecule has 132 valence electrons. The zero-order valence-electron chi connectivity index (χ0n) is 14.2. The fourth-order valence-corrected chi connectivity index (χ4v) is 4.00. The summed E-state index contributed by atoms with van der Waals surface area (Å²) in [5, 5.41) is 4.98. The van der Waals surface area contributed by atoms with Crippen LogP contribution >= 0.6 is 11.3 Å². The van der Waals surface area contributed by atoms with Crippen molar-refractivity contribution in [2.75, 3.05) is 25.0 Å². The Kier molecular flexibility index (Phi) is 5.83. The van der Waals surface area contributed by atoms with Crippen molar-refractivity contribution in [1.29, 1.82) is 0 Å². The van der Waals surface area contributed by atoms with Gasteiger partial charge < -0.3 is 10.1 Å². The highest BCUT2D eigenvalue weighted by atomic mass is 32.1. The number of hydrogen-bond acceptors (Lipinski definition) is 5. The Labute approximate surface area is 151 Å². The summed E-state index contributed by atoms with van der Waals surface area (Å²) >= 11 is 1.75. The van der Waals surface area contributed by atoms with Crippen LogP contribution in [0.25, 0.3) is 0 Å². The third-order valence-electron chi connectivity index (χ3n) is 4.26. The Bertz CT molecular complexity index is 713. The lowest BCUT2D eigenvalue weighted by atomic mass is 10.2. The molecular formula is C19H22N2O3S. The van der Waals surface area contributed by atoms with Crippen LogP contribution in [0.2, 0.25) is 0 Å². The van der Waals surface area contributed by atoms with Crippen molar-refractivity contribution in [2.24, 2.45) is 0 Å². The highest BCUT2D eigenvalue weighted by Crippen LogP contribution is 2.34. The number of hydrogen-bond donors (Lipinski definition) is 1. The second-order valence-corrected chi connectivity index (χ2v) is 6.97. The normalized spacial score (nSPS) is 17.4. The van der Waals surface area contributed by atoms with Crippen molar-refractivity contribution in [2.45, 2.75) is 25.8 Å². The van der Waals surface area contributed by atoms with Gasteiger partial charge in [0.05, 0.1) is 18.7 Å². The van der Waals surface area contributed by atoms with Crippen LogP contribution in [0.3, 0.4) is 0 Å². The fraction of sp³-hybridized carbons (Fsp3) is 0.368. The van der Waals surface area contributed by atoms with E-state index in [0.29, 0.717) is 30.4 Å². The zero-order chi connectivity index (χ0) is 17.6. The van der Waals surface area contributed by atoms with Crippen molar-refractivity contribution < 1.29 is 14.3 Å². The minimum absolute atomic E-state index is 0.0349. The zero-order valence-corrected chi connectivity index (χ0v) is 15.1. The Morgan fingerprint density at radius 2 is 2.08 bits per heavy atom. The minimum Gasteiger partial charge on any atom is -0.462 e. The number of carbonyl (C=O) groups excluding carboxylic acids is 2. The monoisotopic (exact) mass is 358 g/mol. The van der Waals surface area contributed by atoms with E-state index >= 15 is 0 Å². The standard InChI is InChI=1S/C19H22N2O3S/c1-2-24-19(23)14-7-9-15(10-8-14)20-18(22)13-21-11-3-5-16(21)17-6-4-12-25-17/h4,6-10,12,16H,2-3,5,11,13H2,1H3,(H,20,22)/t16-/m1/s1. The van der Waals surface area contributed by atoms with Gasteiger partial charge in [-0.1, -0.05) is 6.07 Å². The second kappa shape index (κ2) is 8.27. The molecule has 1 aromatic heterocycles. The lowest BCUT2D eigenvalue weighted by Gasteiger charge is -2.22. The first kappa shape index (κ1) is 17.6. The molecule has 1 amide bonds. The molecule has 1 aliphatic rings. The van der Waals surface area contributed by atoms with Gasteiger partial charge in [-0.25, -0.2) is 4.79 Å². The molecule has 0 aliphatic carbocycles. The molecule has 6 heteroatoms. The van der Waals surface area contributed by atoms with E-state index in [1.807, 2.05) is 0 Å². The highest BCUT2D eigenvalue weighted by molar-refractivity contribution is 7.10. The summed E-state index contributed by atoms with van der Waals surface area (Å²) < 4.78 is 4.95. The molecular weight excluding hydrogens is 336 g/mol. The third-order valence-corrected chi connectivity index (χ3v) is 5.24. The topological polar surface area (TPSA) is 58.6 Å². The molecule has 0 bridgehead atoms. The first-order chi connectivity index (χ1) is 12.2. The summed E-state index contributed by atoms with van der Waals surface area (Å²) in [6, 6.07) is 11.3. The van der Waals surface area contributed by atoms with Gasteiger partial charge in [0.1, 0.15) is 0 Å². The van der Waals surface area contributed by atoms with Gasteiger partial charge in [-0.2, -0.15) is 0 Å². The van der Waals surface area contributed by atoms with E-state index < -0.39 is 0 Å². The number of carbonyl (C=O) groups is 2. The van der Waals surface area contributed by atoms with Gasteiger partial charge in [0.25, 0.3) is 0 Å². The number of amides is 1. The molecule has 5 nitrogen and oxygen atoms in total. The van der Waals surface area contributed by atoms with Gasteiger partial charge in [0, 0.05) is 16.6 Å². The van der Waals surface area contributed by atoms with Gasteiger partial charge in [0.2, 0.25) is 5.91 Å². The summed E-state index contributed by atoms with van der Waals surface area (Å²) in [4.78, 5) is 27.6. The van der Waals surface area contributed by atoms with Gasteiger partial charge in [-0.05, 0) is 62.0 Å². The predicted molar refractivity (Wildman–Crippen MR) is 98.9 cm³/mol. The van der Waals surface area contributed by atoms with Crippen molar-refractivity contribution in [1.82, 2.24) is 4.90 Å². The SMILES string of the molecule is CCOC(=O)c1ccc(NC(=O)CN2CCC[C@@H]2c2cccs2)cc1. The first-order valence-electron chi connectivity index (χ1n) is 8.52. The lowest BCUT2D eigenvalue weighted by molar-refractivity contribution is -0.117. The van der Waals surface area contributed by atoms with Crippen LogP contribution < -0.4 is 5.32 Å². The summed E-state index contributed by atoms with van der Waals surface area (Å²) in [5.41, 5.74) is 1.17. The molecule has 2 aromatic rings. The molecule has 1 aromatic carbocycles. The summed E-state index contributed by atoms with van der Waals surface area (Å²) in [5.74, 6) is -0.386. The Hall–Kier alpha value is -2.18. The summed E-state index contributed by atoms with van der Waals surface area (Å²) in [6.45, 7) is 3.44. The average Bonchev–Trinajstić information content (AvgIpc) is 3.26. The quantitative estimate of drug-likeness (QED) is 0.800. The number of likely N-dealkylation sites (tertiary alicyclic amines) is 1. The van der Waals surface area contributed by atoms with E-state index in [2.05, 4.69) is 27.7 Å². The molecule has 1 aliphatic heterocycles. The molecule has 1 fully saturated rings. The van der Waals surface area contributed by atoms with E-state index in [4.69, 9.17) is 4.74 Å². The molecule has 0 unspecified atom stereocenters. The maximum atomic E-state index is 12.4. The molecule has 0 spiro atoms. The molecule has 1 saturated heterocycles. The van der Waals surface area contributed by atoms with Crippen molar-refractivity contribution in [3.05, 3.63) is 52.2 Å². The van der Waals surface area contributed by atoms with Crippen molar-refractivity contribution >= 4 is 28.9 Å². The van der Waals surface area contributed by atoms with E-state index in [0.717, 1.165) is 19.4 Å². The molecule has 25 heavy (non-hydrogen) atoms. The van der Waals surface area contributed by atoms with Crippen LogP contribution in [-0.4, -0.2) is 36.5 Å². The maximum absolute atomic E-state index is 12.4. The van der Waals surface area contributed by atoms with Gasteiger partial charge in [-0.3, -0.25) is 9.69 Å². The number of rotatable bonds is 6. The Morgan fingerprint density at radius 3 is 2.76 bits per heavy atom. The third kappa shape index (κ3) is 4.46. The van der Waals surface area contributed by atoms with E-state index in [1.54, 1.807) is 42.5 Å². The van der Waals surface area contributed by atoms with Crippen LogP contribution in [0.15, 0.2) is 41.8 Å². The van der Waals surface area contributed by atoms with Gasteiger partial charge in [-0.15, -0.1) is 11.3 Å². The van der Waals surface area contributed by atoms with Crippen LogP contribution in [-0.2, 0) is 9.53 Å². The molecule has 0 radical (unpaired) electrons. The number of anilines is 1. The Balaban J connectivity index is 1.56. The van der Waals surface area contributed by atoms with Crippen LogP contribution in [0.1, 0.15) is 41.0 Å². The number of benzene rings is 1. The number of nitrogens with zero attached hydrogens (tertiary/aromatic N) is 1. The van der Waals surface area contributed by atoms with Gasteiger partial charge in [0.15, 0.2) is 0 Å². The van der Waals surface area contributed by atoms with E-state index in [9.17, 15) is 9.59 Å². The highest BCUT2D eigenvalue weighted by Gasteiger charge is 2.28. The molecule has 3 rings (SSSR count). The number of ether oxygens (including phenoxy) is 1. The molecule has 1 atom stereocenters. The maximum Gasteiger partial charge on any atom is 0.338 e. The smallest absolute Gasteiger partial charge is 0.338 e. The average molecular weight is 358 g/mol. The van der Waals surface area contributed by atoms with Crippen molar-refractivity contribution in [3.63, 3.8) is 0 Å². The van der Waals surface area contributed by atoms with Crippen LogP contribution in [0, 0.1) is 0 Å². The molecule has 1 N–H and O–H groups in total. The first-order valence-corrected chi connectivity index (χ1v) is 9.40. The Morgan fingerprint density at radius 1 is 1.28 bits per heavy atom. The minimum atomic E-state index is -0.351. The number of thiophene rings is 1. The van der Waals surface area contributed by atoms with Crippen LogP contribution in [0.5, 0.6) is 0 Å². The lowest BCUT2D eigenvalue weighted by Crippen LogP contribution is -2.32. The number of nitrogens with one attached hydrogen (secondary N) is 1. The number of esters is 1. The van der Waals surface area contributed by atoms with E-state index in [-0.39, 0.29) is 11.9 Å². The molecule has 2 heterocycles. The fourth-order valence-electron chi connectivity index (χ4n) is 3.11. The summed E-state index contributed by atoms with van der Waals surface area (Å²) in [7, 11) is 0. The summed E-state index contributed by atoms with van der Waals surface area (Å²) in [6.07, 6.45) is 2.21.